The van der Waals surface area contributed by atoms with Crippen LogP contribution in [0.4, 0.5) is 5.82 Å². The molecule has 2 aliphatic rings. The van der Waals surface area contributed by atoms with Gasteiger partial charge in [-0.05, 0) is 25.2 Å². The Balaban J connectivity index is 1.79. The molecule has 0 amide bonds. The summed E-state index contributed by atoms with van der Waals surface area (Å²) in [6.07, 6.45) is 7.12. The SMILES string of the molecule is NNc1cc(C2CCCC2)nc(CC2CCOC2)n1. The highest BCUT2D eigenvalue weighted by Crippen LogP contribution is 2.33. The van der Waals surface area contributed by atoms with E-state index >= 15 is 0 Å². The maximum atomic E-state index is 5.53. The van der Waals surface area contributed by atoms with Crippen LogP contribution in [0.1, 0.15) is 49.5 Å². The molecule has 0 bridgehead atoms. The van der Waals surface area contributed by atoms with Crippen molar-refractivity contribution in [2.24, 2.45) is 11.8 Å². The van der Waals surface area contributed by atoms with E-state index in [9.17, 15) is 0 Å². The van der Waals surface area contributed by atoms with Gasteiger partial charge in [-0.1, -0.05) is 12.8 Å². The monoisotopic (exact) mass is 262 g/mol. The van der Waals surface area contributed by atoms with E-state index in [1.54, 1.807) is 0 Å². The molecule has 0 radical (unpaired) electrons. The van der Waals surface area contributed by atoms with Crippen molar-refractivity contribution >= 4 is 5.82 Å². The summed E-state index contributed by atoms with van der Waals surface area (Å²) in [6, 6.07) is 2.00. The van der Waals surface area contributed by atoms with Crippen LogP contribution in [-0.4, -0.2) is 23.2 Å². The van der Waals surface area contributed by atoms with Crippen LogP contribution in [0.2, 0.25) is 0 Å². The third-order valence-electron chi connectivity index (χ3n) is 4.21. The number of hydrazine groups is 1. The number of anilines is 1. The second-order valence-electron chi connectivity index (χ2n) is 5.65. The molecule has 1 aromatic rings. The number of nitrogens with one attached hydrogen (secondary N) is 1. The van der Waals surface area contributed by atoms with Crippen molar-refractivity contribution in [3.8, 4) is 0 Å². The van der Waals surface area contributed by atoms with Gasteiger partial charge in [0, 0.05) is 37.3 Å². The molecule has 2 heterocycles. The first-order valence-corrected chi connectivity index (χ1v) is 7.27. The molecule has 1 saturated carbocycles. The van der Waals surface area contributed by atoms with Crippen LogP contribution in [-0.2, 0) is 11.2 Å². The maximum Gasteiger partial charge on any atom is 0.143 e. The van der Waals surface area contributed by atoms with Gasteiger partial charge in [-0.3, -0.25) is 0 Å². The fraction of sp³-hybridized carbons (Fsp3) is 0.714. The predicted molar refractivity (Wildman–Crippen MR) is 73.7 cm³/mol. The average molecular weight is 262 g/mol. The van der Waals surface area contributed by atoms with Gasteiger partial charge < -0.3 is 10.2 Å². The van der Waals surface area contributed by atoms with Crippen LogP contribution < -0.4 is 11.3 Å². The van der Waals surface area contributed by atoms with Crippen molar-refractivity contribution in [2.45, 2.75) is 44.4 Å². The van der Waals surface area contributed by atoms with E-state index in [0.29, 0.717) is 11.8 Å². The second-order valence-corrected chi connectivity index (χ2v) is 5.65. The van der Waals surface area contributed by atoms with E-state index in [4.69, 9.17) is 15.6 Å². The first-order valence-electron chi connectivity index (χ1n) is 7.27. The van der Waals surface area contributed by atoms with Gasteiger partial charge in [0.25, 0.3) is 0 Å². The van der Waals surface area contributed by atoms with Gasteiger partial charge in [-0.2, -0.15) is 0 Å². The minimum absolute atomic E-state index is 0.560. The highest BCUT2D eigenvalue weighted by Gasteiger charge is 2.22. The highest BCUT2D eigenvalue weighted by atomic mass is 16.5. The first-order chi connectivity index (χ1) is 9.35. The molecule has 5 nitrogen and oxygen atoms in total. The van der Waals surface area contributed by atoms with Crippen LogP contribution in [0.3, 0.4) is 0 Å². The lowest BCUT2D eigenvalue weighted by Gasteiger charge is -2.13. The third kappa shape index (κ3) is 3.04. The molecule has 1 aliphatic heterocycles. The summed E-state index contributed by atoms with van der Waals surface area (Å²) in [5.74, 6) is 8.33. The zero-order valence-corrected chi connectivity index (χ0v) is 11.3. The number of nitrogen functional groups attached to an aromatic ring is 1. The van der Waals surface area contributed by atoms with E-state index in [0.717, 1.165) is 43.4 Å². The number of ether oxygens (including phenoxy) is 1. The Hall–Kier alpha value is -1.20. The summed E-state index contributed by atoms with van der Waals surface area (Å²) in [7, 11) is 0. The summed E-state index contributed by atoms with van der Waals surface area (Å²) in [6.45, 7) is 1.71. The van der Waals surface area contributed by atoms with Crippen LogP contribution in [0.5, 0.6) is 0 Å². The lowest BCUT2D eigenvalue weighted by Crippen LogP contribution is -2.14. The highest BCUT2D eigenvalue weighted by molar-refractivity contribution is 5.36. The molecule has 1 saturated heterocycles. The van der Waals surface area contributed by atoms with Gasteiger partial charge in [0.15, 0.2) is 0 Å². The molecular weight excluding hydrogens is 240 g/mol. The Bertz CT molecular complexity index is 425. The predicted octanol–water partition coefficient (Wildman–Crippen LogP) is 2.00. The number of nitrogens with zero attached hydrogens (tertiary/aromatic N) is 2. The summed E-state index contributed by atoms with van der Waals surface area (Å²) in [5.41, 5.74) is 3.84. The summed E-state index contributed by atoms with van der Waals surface area (Å²) in [4.78, 5) is 9.25. The van der Waals surface area contributed by atoms with Crippen LogP contribution in [0, 0.1) is 5.92 Å². The van der Waals surface area contributed by atoms with Crippen molar-refractivity contribution < 1.29 is 4.74 Å². The van der Waals surface area contributed by atoms with E-state index in [1.807, 2.05) is 6.07 Å². The molecule has 5 heteroatoms. The first kappa shape index (κ1) is 12.8. The molecule has 3 rings (SSSR count). The Labute approximate surface area is 113 Å². The fourth-order valence-corrected chi connectivity index (χ4v) is 3.12. The number of hydrogen-bond donors (Lipinski definition) is 2. The summed E-state index contributed by atoms with van der Waals surface area (Å²) < 4.78 is 5.42. The molecular formula is C14H22N4O. The summed E-state index contributed by atoms with van der Waals surface area (Å²) >= 11 is 0. The molecule has 1 atom stereocenters. The zero-order chi connectivity index (χ0) is 13.1. The molecule has 19 heavy (non-hydrogen) atoms. The van der Waals surface area contributed by atoms with Crippen molar-refractivity contribution in [3.63, 3.8) is 0 Å². The van der Waals surface area contributed by atoms with Gasteiger partial charge in [0.05, 0.1) is 0 Å². The smallest absolute Gasteiger partial charge is 0.143 e. The van der Waals surface area contributed by atoms with Crippen LogP contribution in [0.25, 0.3) is 0 Å². The molecule has 1 unspecified atom stereocenters. The number of nitrogens with two attached hydrogens (primary N) is 1. The van der Waals surface area contributed by atoms with Gasteiger partial charge >= 0.3 is 0 Å². The third-order valence-corrected chi connectivity index (χ3v) is 4.21. The number of rotatable bonds is 4. The normalized spacial score (nSPS) is 23.9. The van der Waals surface area contributed by atoms with E-state index in [2.05, 4.69) is 10.4 Å². The molecule has 3 N–H and O–H groups in total. The van der Waals surface area contributed by atoms with E-state index < -0.39 is 0 Å². The van der Waals surface area contributed by atoms with Crippen LogP contribution >= 0.6 is 0 Å². The van der Waals surface area contributed by atoms with E-state index in [-0.39, 0.29) is 0 Å². The minimum Gasteiger partial charge on any atom is -0.381 e. The Morgan fingerprint density at radius 3 is 2.79 bits per heavy atom. The largest absolute Gasteiger partial charge is 0.381 e. The van der Waals surface area contributed by atoms with Crippen molar-refractivity contribution in [1.29, 1.82) is 0 Å². The molecule has 0 spiro atoms. The maximum absolute atomic E-state index is 5.53. The van der Waals surface area contributed by atoms with Gasteiger partial charge in [0.1, 0.15) is 11.6 Å². The second kappa shape index (κ2) is 5.84. The number of hydrogen-bond acceptors (Lipinski definition) is 5. The Morgan fingerprint density at radius 1 is 1.26 bits per heavy atom. The van der Waals surface area contributed by atoms with E-state index in [1.165, 1.54) is 25.7 Å². The van der Waals surface area contributed by atoms with Crippen molar-refractivity contribution in [1.82, 2.24) is 9.97 Å². The van der Waals surface area contributed by atoms with Crippen molar-refractivity contribution in [2.75, 3.05) is 18.6 Å². The van der Waals surface area contributed by atoms with Gasteiger partial charge in [-0.15, -0.1) is 0 Å². The molecule has 0 aromatic carbocycles. The lowest BCUT2D eigenvalue weighted by atomic mass is 10.0. The Kier molecular flexibility index (Phi) is 3.94. The molecule has 1 aliphatic carbocycles. The van der Waals surface area contributed by atoms with Crippen LogP contribution in [0.15, 0.2) is 6.07 Å². The van der Waals surface area contributed by atoms with Gasteiger partial charge in [-0.25, -0.2) is 15.8 Å². The minimum atomic E-state index is 0.560. The Morgan fingerprint density at radius 2 is 2.11 bits per heavy atom. The molecule has 104 valence electrons. The topological polar surface area (TPSA) is 73.1 Å². The van der Waals surface area contributed by atoms with Gasteiger partial charge in [0.2, 0.25) is 0 Å². The fourth-order valence-electron chi connectivity index (χ4n) is 3.12. The number of aromatic nitrogens is 2. The van der Waals surface area contributed by atoms with Crippen molar-refractivity contribution in [3.05, 3.63) is 17.6 Å². The molecule has 2 fully saturated rings. The average Bonchev–Trinajstić information content (AvgIpc) is 3.11. The zero-order valence-electron chi connectivity index (χ0n) is 11.3. The summed E-state index contributed by atoms with van der Waals surface area (Å²) in [5, 5.41) is 0. The molecule has 1 aromatic heterocycles. The standard InChI is InChI=1S/C14H22N4O/c15-18-14-8-12(11-3-1-2-4-11)16-13(17-14)7-10-5-6-19-9-10/h8,10-11H,1-7,9,15H2,(H,16,17,18). The quantitative estimate of drug-likeness (QED) is 0.641. The lowest BCUT2D eigenvalue weighted by molar-refractivity contribution is 0.185.